The van der Waals surface area contributed by atoms with Gasteiger partial charge in [-0.15, -0.1) is 22.7 Å². The van der Waals surface area contributed by atoms with Gasteiger partial charge >= 0.3 is 0 Å². The summed E-state index contributed by atoms with van der Waals surface area (Å²) in [6.45, 7) is 0. The number of nitrogens with zero attached hydrogens (tertiary/aromatic N) is 3. The zero-order valence-electron chi connectivity index (χ0n) is 10.2. The molecule has 4 aromatic heterocycles. The SMILES string of the molecule is Oc1ccsc1-c1csc(-c2cnn3ccccc23)n1. The van der Waals surface area contributed by atoms with E-state index in [-0.39, 0.29) is 5.75 Å². The van der Waals surface area contributed by atoms with E-state index in [9.17, 15) is 5.11 Å². The molecule has 0 atom stereocenters. The van der Waals surface area contributed by atoms with E-state index in [0.29, 0.717) is 0 Å². The molecule has 0 bridgehead atoms. The molecule has 1 N–H and O–H groups in total. The van der Waals surface area contributed by atoms with Crippen molar-refractivity contribution in [2.24, 2.45) is 0 Å². The summed E-state index contributed by atoms with van der Waals surface area (Å²) in [5.74, 6) is 0.284. The summed E-state index contributed by atoms with van der Waals surface area (Å²) >= 11 is 3.05. The molecule has 4 aromatic rings. The maximum absolute atomic E-state index is 9.77. The Kier molecular flexibility index (Phi) is 2.58. The van der Waals surface area contributed by atoms with Gasteiger partial charge in [-0.05, 0) is 23.6 Å². The van der Waals surface area contributed by atoms with Crippen LogP contribution >= 0.6 is 22.7 Å². The summed E-state index contributed by atoms with van der Waals surface area (Å²) < 4.78 is 1.83. The fourth-order valence-corrected chi connectivity index (χ4v) is 3.75. The van der Waals surface area contributed by atoms with Crippen LogP contribution in [0.1, 0.15) is 0 Å². The number of thiazole rings is 1. The van der Waals surface area contributed by atoms with Gasteiger partial charge in [-0.3, -0.25) is 0 Å². The first-order chi connectivity index (χ1) is 9.83. The number of fused-ring (bicyclic) bond motifs is 1. The van der Waals surface area contributed by atoms with Gasteiger partial charge in [0.1, 0.15) is 10.8 Å². The molecule has 0 fully saturated rings. The van der Waals surface area contributed by atoms with E-state index < -0.39 is 0 Å². The molecule has 0 aliphatic rings. The van der Waals surface area contributed by atoms with Crippen LogP contribution in [0.5, 0.6) is 5.75 Å². The van der Waals surface area contributed by atoms with Crippen molar-refractivity contribution in [1.29, 1.82) is 0 Å². The van der Waals surface area contributed by atoms with Gasteiger partial charge in [0.15, 0.2) is 0 Å². The van der Waals surface area contributed by atoms with Crippen LogP contribution in [0.25, 0.3) is 26.7 Å². The fourth-order valence-electron chi connectivity index (χ4n) is 2.10. The highest BCUT2D eigenvalue weighted by Crippen LogP contribution is 2.37. The largest absolute Gasteiger partial charge is 0.506 e. The zero-order valence-corrected chi connectivity index (χ0v) is 11.9. The molecule has 0 saturated carbocycles. The number of aromatic hydroxyl groups is 1. The third-order valence-electron chi connectivity index (χ3n) is 3.04. The summed E-state index contributed by atoms with van der Waals surface area (Å²) in [7, 11) is 0. The minimum Gasteiger partial charge on any atom is -0.506 e. The standard InChI is InChI=1S/C14H9N3OS2/c18-12-4-6-19-13(12)10-8-20-14(16-10)9-7-15-17-5-2-1-3-11(9)17/h1-8,18H. The average molecular weight is 299 g/mol. The predicted octanol–water partition coefficient (Wildman–Crippen LogP) is 3.89. The maximum Gasteiger partial charge on any atom is 0.135 e. The van der Waals surface area contributed by atoms with Crippen LogP contribution in [0.2, 0.25) is 0 Å². The lowest BCUT2D eigenvalue weighted by atomic mass is 10.3. The molecule has 98 valence electrons. The van der Waals surface area contributed by atoms with Gasteiger partial charge < -0.3 is 5.11 Å². The molecular weight excluding hydrogens is 290 g/mol. The van der Waals surface area contributed by atoms with Gasteiger partial charge in [-0.25, -0.2) is 9.50 Å². The van der Waals surface area contributed by atoms with Crippen LogP contribution in [-0.4, -0.2) is 19.7 Å². The summed E-state index contributed by atoms with van der Waals surface area (Å²) in [6.07, 6.45) is 3.74. The van der Waals surface area contributed by atoms with E-state index in [1.165, 1.54) is 11.3 Å². The van der Waals surface area contributed by atoms with E-state index in [1.807, 2.05) is 45.9 Å². The Morgan fingerprint density at radius 1 is 1.15 bits per heavy atom. The van der Waals surface area contributed by atoms with E-state index in [1.54, 1.807) is 17.4 Å². The molecular formula is C14H9N3OS2. The lowest BCUT2D eigenvalue weighted by molar-refractivity contribution is 0.479. The van der Waals surface area contributed by atoms with Gasteiger partial charge in [0.05, 0.1) is 27.8 Å². The van der Waals surface area contributed by atoms with Gasteiger partial charge in [0.25, 0.3) is 0 Å². The molecule has 20 heavy (non-hydrogen) atoms. The van der Waals surface area contributed by atoms with Crippen molar-refractivity contribution >= 4 is 28.2 Å². The Bertz CT molecular complexity index is 891. The summed E-state index contributed by atoms with van der Waals surface area (Å²) in [4.78, 5) is 5.43. The molecule has 6 heteroatoms. The lowest BCUT2D eigenvalue weighted by Gasteiger charge is -1.94. The lowest BCUT2D eigenvalue weighted by Crippen LogP contribution is -1.83. The summed E-state index contributed by atoms with van der Waals surface area (Å²) in [5.41, 5.74) is 2.86. The summed E-state index contributed by atoms with van der Waals surface area (Å²) in [5, 5.41) is 18.8. The van der Waals surface area contributed by atoms with Crippen LogP contribution in [-0.2, 0) is 0 Å². The molecule has 0 spiro atoms. The average Bonchev–Trinajstić information content (AvgIpc) is 3.15. The smallest absolute Gasteiger partial charge is 0.135 e. The van der Waals surface area contributed by atoms with Crippen molar-refractivity contribution in [1.82, 2.24) is 14.6 Å². The zero-order chi connectivity index (χ0) is 13.5. The fraction of sp³-hybridized carbons (Fsp3) is 0. The number of aromatic nitrogens is 3. The first kappa shape index (κ1) is 11.6. The third-order valence-corrected chi connectivity index (χ3v) is 4.84. The first-order valence-electron chi connectivity index (χ1n) is 5.98. The molecule has 0 aliphatic heterocycles. The molecule has 0 aromatic carbocycles. The monoisotopic (exact) mass is 299 g/mol. The Morgan fingerprint density at radius 2 is 2.10 bits per heavy atom. The second-order valence-corrected chi connectivity index (χ2v) is 6.04. The highest BCUT2D eigenvalue weighted by molar-refractivity contribution is 7.16. The Morgan fingerprint density at radius 3 is 2.95 bits per heavy atom. The van der Waals surface area contributed by atoms with Gasteiger partial charge in [0.2, 0.25) is 0 Å². The quantitative estimate of drug-likeness (QED) is 0.611. The van der Waals surface area contributed by atoms with Crippen molar-refractivity contribution in [2.75, 3.05) is 0 Å². The van der Waals surface area contributed by atoms with Crippen LogP contribution < -0.4 is 0 Å². The Labute approximate surface area is 122 Å². The molecule has 0 aliphatic carbocycles. The van der Waals surface area contributed by atoms with Gasteiger partial charge in [-0.1, -0.05) is 6.07 Å². The van der Waals surface area contributed by atoms with Crippen LogP contribution in [0.4, 0.5) is 0 Å². The number of hydrogen-bond acceptors (Lipinski definition) is 5. The van der Waals surface area contributed by atoms with E-state index >= 15 is 0 Å². The molecule has 0 unspecified atom stereocenters. The molecule has 4 nitrogen and oxygen atoms in total. The van der Waals surface area contributed by atoms with E-state index in [4.69, 9.17) is 0 Å². The minimum atomic E-state index is 0.284. The van der Waals surface area contributed by atoms with Crippen LogP contribution in [0, 0.1) is 0 Å². The van der Waals surface area contributed by atoms with E-state index in [0.717, 1.165) is 26.7 Å². The topological polar surface area (TPSA) is 50.4 Å². The molecule has 4 rings (SSSR count). The van der Waals surface area contributed by atoms with Crippen molar-refractivity contribution in [3.63, 3.8) is 0 Å². The second kappa shape index (κ2) is 4.43. The van der Waals surface area contributed by atoms with E-state index in [2.05, 4.69) is 10.1 Å². The van der Waals surface area contributed by atoms with Crippen molar-refractivity contribution in [2.45, 2.75) is 0 Å². The minimum absolute atomic E-state index is 0.284. The third kappa shape index (κ3) is 1.73. The van der Waals surface area contributed by atoms with Crippen molar-refractivity contribution in [3.8, 4) is 26.9 Å². The van der Waals surface area contributed by atoms with Crippen LogP contribution in [0.15, 0.2) is 47.4 Å². The first-order valence-corrected chi connectivity index (χ1v) is 7.74. The normalized spacial score (nSPS) is 11.2. The Balaban J connectivity index is 1.84. The molecule has 0 amide bonds. The van der Waals surface area contributed by atoms with Gasteiger partial charge in [0, 0.05) is 11.6 Å². The molecule has 4 heterocycles. The highest BCUT2D eigenvalue weighted by Gasteiger charge is 2.14. The second-order valence-electron chi connectivity index (χ2n) is 4.26. The van der Waals surface area contributed by atoms with Crippen molar-refractivity contribution < 1.29 is 5.11 Å². The highest BCUT2D eigenvalue weighted by atomic mass is 32.1. The number of pyridine rings is 1. The molecule has 0 radical (unpaired) electrons. The number of hydrogen-bond donors (Lipinski definition) is 1. The predicted molar refractivity (Wildman–Crippen MR) is 81.3 cm³/mol. The number of thiophene rings is 1. The number of rotatable bonds is 2. The maximum atomic E-state index is 9.77. The van der Waals surface area contributed by atoms with Crippen LogP contribution in [0.3, 0.4) is 0 Å². The van der Waals surface area contributed by atoms with Gasteiger partial charge in [-0.2, -0.15) is 5.10 Å². The Hall–Kier alpha value is -2.18. The molecule has 0 saturated heterocycles. The summed E-state index contributed by atoms with van der Waals surface area (Å²) in [6, 6.07) is 7.64. The van der Waals surface area contributed by atoms with Crippen molar-refractivity contribution in [3.05, 3.63) is 47.4 Å².